The summed E-state index contributed by atoms with van der Waals surface area (Å²) < 4.78 is 0.807. The lowest BCUT2D eigenvalue weighted by Gasteiger charge is -2.38. The molecule has 3 aromatic rings. The molecule has 0 unspecified atom stereocenters. The third kappa shape index (κ3) is 6.27. The van der Waals surface area contributed by atoms with Crippen LogP contribution in [-0.2, 0) is 19.6 Å². The van der Waals surface area contributed by atoms with Crippen LogP contribution in [0.5, 0.6) is 0 Å². The average molecular weight is 443 g/mol. The first-order chi connectivity index (χ1) is 15.5. The summed E-state index contributed by atoms with van der Waals surface area (Å²) in [5.74, 6) is 0. The van der Waals surface area contributed by atoms with E-state index >= 15 is 0 Å². The van der Waals surface area contributed by atoms with Crippen LogP contribution in [0.15, 0.2) is 19.0 Å². The van der Waals surface area contributed by atoms with E-state index in [1.807, 2.05) is 0 Å². The van der Waals surface area contributed by atoms with Crippen LogP contribution in [0.4, 0.5) is 0 Å². The number of aromatic nitrogens is 6. The Kier molecular flexibility index (Phi) is 8.60. The molecular formula is C23H40N9+. The number of aromatic amines is 3. The van der Waals surface area contributed by atoms with Crippen LogP contribution in [0, 0.1) is 20.8 Å². The first-order valence-electron chi connectivity index (χ1n) is 11.7. The molecule has 0 aliphatic heterocycles. The summed E-state index contributed by atoms with van der Waals surface area (Å²) in [5.41, 5.74) is 6.69. The van der Waals surface area contributed by atoms with Gasteiger partial charge in [-0.25, -0.2) is 15.0 Å². The van der Waals surface area contributed by atoms with Crippen LogP contribution >= 0.6 is 0 Å². The molecule has 32 heavy (non-hydrogen) atoms. The van der Waals surface area contributed by atoms with Gasteiger partial charge in [-0.2, -0.15) is 0 Å². The fraction of sp³-hybridized carbons (Fsp3) is 0.609. The number of hydrogen-bond acceptors (Lipinski definition) is 5. The highest BCUT2D eigenvalue weighted by atomic mass is 15.4. The van der Waals surface area contributed by atoms with Crippen LogP contribution in [0.2, 0.25) is 0 Å². The van der Waals surface area contributed by atoms with Gasteiger partial charge in [-0.1, -0.05) is 13.8 Å². The molecular weight excluding hydrogens is 402 g/mol. The second-order valence-corrected chi connectivity index (χ2v) is 8.74. The van der Waals surface area contributed by atoms with E-state index in [4.69, 9.17) is 0 Å². The van der Waals surface area contributed by atoms with Crippen molar-refractivity contribution in [2.75, 3.05) is 39.3 Å². The number of rotatable bonds is 14. The fourth-order valence-electron chi connectivity index (χ4n) is 4.22. The molecule has 0 aromatic carbocycles. The van der Waals surface area contributed by atoms with E-state index < -0.39 is 0 Å². The number of hydrogen-bond donors (Lipinski definition) is 4. The van der Waals surface area contributed by atoms with E-state index in [2.05, 4.69) is 74.7 Å². The van der Waals surface area contributed by atoms with Crippen molar-refractivity contribution in [3.8, 4) is 0 Å². The van der Waals surface area contributed by atoms with E-state index in [0.29, 0.717) is 0 Å². The molecule has 3 rings (SSSR count). The molecule has 3 heterocycles. The minimum Gasteiger partial charge on any atom is -0.348 e. The minimum absolute atomic E-state index is 0.807. The maximum absolute atomic E-state index is 4.64. The molecule has 0 atom stereocenters. The molecule has 9 nitrogen and oxygen atoms in total. The number of quaternary nitrogens is 1. The summed E-state index contributed by atoms with van der Waals surface area (Å²) in [7, 11) is 0. The molecule has 0 radical (unpaired) electrons. The number of imidazole rings is 3. The van der Waals surface area contributed by atoms with Gasteiger partial charge in [-0.3, -0.25) is 0 Å². The maximum Gasteiger partial charge on any atom is 0.124 e. The summed E-state index contributed by atoms with van der Waals surface area (Å²) in [6.45, 7) is 19.3. The molecule has 0 aliphatic carbocycles. The standard InChI is InChI=1S/C23H40N9/c1-6-31(7-2)10-8-24-9-11-32(12-21-18(3)25-15-28-21,13-22-19(4)26-16-29-22)14-23-20(5)27-17-30-23/h15-17,24H,6-14H2,1-5H3,(H,25,28)(H,26,29)(H,27,30)/q+1. The highest BCUT2D eigenvalue weighted by Crippen LogP contribution is 2.24. The number of likely N-dealkylation sites (N-methyl/N-ethyl adjacent to an activating group) is 1. The Morgan fingerprint density at radius 1 is 0.750 bits per heavy atom. The van der Waals surface area contributed by atoms with Gasteiger partial charge >= 0.3 is 0 Å². The lowest BCUT2D eigenvalue weighted by molar-refractivity contribution is -0.965. The van der Waals surface area contributed by atoms with E-state index in [0.717, 1.165) is 97.5 Å². The lowest BCUT2D eigenvalue weighted by atomic mass is 10.1. The highest BCUT2D eigenvalue weighted by Gasteiger charge is 2.33. The largest absolute Gasteiger partial charge is 0.348 e. The molecule has 4 N–H and O–H groups in total. The topological polar surface area (TPSA) is 101 Å². The van der Waals surface area contributed by atoms with Gasteiger partial charge in [0.1, 0.15) is 36.7 Å². The van der Waals surface area contributed by atoms with E-state index in [-0.39, 0.29) is 0 Å². The Morgan fingerprint density at radius 3 is 1.53 bits per heavy atom. The summed E-state index contributed by atoms with van der Waals surface area (Å²) in [4.78, 5) is 26.1. The maximum atomic E-state index is 4.64. The first-order valence-corrected chi connectivity index (χ1v) is 11.7. The molecule has 0 bridgehead atoms. The van der Waals surface area contributed by atoms with Crippen molar-refractivity contribution in [3.05, 3.63) is 53.1 Å². The van der Waals surface area contributed by atoms with Gasteiger partial charge in [0.25, 0.3) is 0 Å². The molecule has 9 heteroatoms. The van der Waals surface area contributed by atoms with Crippen LogP contribution in [-0.4, -0.2) is 78.6 Å². The monoisotopic (exact) mass is 442 g/mol. The van der Waals surface area contributed by atoms with Gasteiger partial charge in [-0.15, -0.1) is 0 Å². The summed E-state index contributed by atoms with van der Waals surface area (Å²) in [5, 5.41) is 3.68. The Labute approximate surface area is 191 Å². The van der Waals surface area contributed by atoms with E-state index in [1.54, 1.807) is 19.0 Å². The molecule has 0 saturated heterocycles. The first kappa shape index (κ1) is 24.2. The quantitative estimate of drug-likeness (QED) is 0.227. The number of nitrogens with zero attached hydrogens (tertiary/aromatic N) is 5. The third-order valence-electron chi connectivity index (χ3n) is 6.52. The van der Waals surface area contributed by atoms with Crippen molar-refractivity contribution in [1.82, 2.24) is 40.1 Å². The molecule has 0 saturated carbocycles. The van der Waals surface area contributed by atoms with Crippen LogP contribution in [0.3, 0.4) is 0 Å². The molecule has 0 aliphatic rings. The molecule has 176 valence electrons. The second-order valence-electron chi connectivity index (χ2n) is 8.74. The Bertz CT molecular complexity index is 832. The third-order valence-corrected chi connectivity index (χ3v) is 6.52. The summed E-state index contributed by atoms with van der Waals surface area (Å²) >= 11 is 0. The SMILES string of the molecule is CCN(CC)CCNCC[N+](Cc1nc[nH]c1C)(Cc1nc[nH]c1C)Cc1nc[nH]c1C. The lowest BCUT2D eigenvalue weighted by Crippen LogP contribution is -2.50. The molecule has 0 fully saturated rings. The molecule has 0 amide bonds. The van der Waals surface area contributed by atoms with Gasteiger partial charge in [0, 0.05) is 36.7 Å². The smallest absolute Gasteiger partial charge is 0.124 e. The van der Waals surface area contributed by atoms with Crippen LogP contribution < -0.4 is 5.32 Å². The van der Waals surface area contributed by atoms with Crippen molar-refractivity contribution in [3.63, 3.8) is 0 Å². The Morgan fingerprint density at radius 2 is 1.19 bits per heavy atom. The zero-order valence-corrected chi connectivity index (χ0v) is 20.3. The van der Waals surface area contributed by atoms with Gasteiger partial charge in [0.15, 0.2) is 0 Å². The predicted octanol–water partition coefficient (Wildman–Crippen LogP) is 2.43. The van der Waals surface area contributed by atoms with Crippen molar-refractivity contribution in [2.24, 2.45) is 0 Å². The van der Waals surface area contributed by atoms with Crippen molar-refractivity contribution < 1.29 is 4.48 Å². The number of H-pyrrole nitrogens is 3. The minimum atomic E-state index is 0.807. The van der Waals surface area contributed by atoms with Crippen molar-refractivity contribution >= 4 is 0 Å². The van der Waals surface area contributed by atoms with E-state index in [9.17, 15) is 0 Å². The molecule has 0 spiro atoms. The predicted molar refractivity (Wildman–Crippen MR) is 127 cm³/mol. The van der Waals surface area contributed by atoms with Gasteiger partial charge < -0.3 is 29.7 Å². The van der Waals surface area contributed by atoms with E-state index in [1.165, 1.54) is 0 Å². The van der Waals surface area contributed by atoms with Crippen LogP contribution in [0.1, 0.15) is 48.0 Å². The number of aryl methyl sites for hydroxylation is 3. The normalized spacial score (nSPS) is 12.2. The second kappa shape index (κ2) is 11.4. The molecule has 3 aromatic heterocycles. The number of nitrogens with one attached hydrogen (secondary N) is 4. The van der Waals surface area contributed by atoms with Gasteiger partial charge in [-0.05, 0) is 33.9 Å². The van der Waals surface area contributed by atoms with Gasteiger partial charge in [0.05, 0.1) is 25.5 Å². The Hall–Kier alpha value is -2.49. The average Bonchev–Trinajstić information content (AvgIpc) is 3.48. The van der Waals surface area contributed by atoms with Crippen molar-refractivity contribution in [2.45, 2.75) is 54.3 Å². The van der Waals surface area contributed by atoms with Crippen LogP contribution in [0.25, 0.3) is 0 Å². The zero-order valence-electron chi connectivity index (χ0n) is 20.3. The fourth-order valence-corrected chi connectivity index (χ4v) is 4.22. The highest BCUT2D eigenvalue weighted by molar-refractivity contribution is 5.11. The summed E-state index contributed by atoms with van der Waals surface area (Å²) in [6, 6.07) is 0. The summed E-state index contributed by atoms with van der Waals surface area (Å²) in [6.07, 6.45) is 5.38. The van der Waals surface area contributed by atoms with Gasteiger partial charge in [0.2, 0.25) is 0 Å². The Balaban J connectivity index is 1.82. The van der Waals surface area contributed by atoms with Crippen molar-refractivity contribution in [1.29, 1.82) is 0 Å². The zero-order chi connectivity index (χ0) is 23.0.